The Kier molecular flexibility index (Phi) is 6.43. The Balaban J connectivity index is 1.52. The fourth-order valence-corrected chi connectivity index (χ4v) is 4.78. The first-order valence-electron chi connectivity index (χ1n) is 10.4. The molecule has 9 nitrogen and oxygen atoms in total. The quantitative estimate of drug-likeness (QED) is 0.643. The second kappa shape index (κ2) is 9.25. The van der Waals surface area contributed by atoms with Crippen LogP contribution in [-0.2, 0) is 14.8 Å². The molecule has 0 saturated carbocycles. The minimum absolute atomic E-state index is 0.0568. The van der Waals surface area contributed by atoms with Gasteiger partial charge >= 0.3 is 0 Å². The summed E-state index contributed by atoms with van der Waals surface area (Å²) in [4.78, 5) is 12.8. The van der Waals surface area contributed by atoms with E-state index in [1.807, 2.05) is 13.8 Å². The van der Waals surface area contributed by atoms with Crippen LogP contribution in [0.2, 0.25) is 0 Å². The van der Waals surface area contributed by atoms with E-state index in [1.165, 1.54) is 16.4 Å². The van der Waals surface area contributed by atoms with Gasteiger partial charge in [0.25, 0.3) is 0 Å². The highest BCUT2D eigenvalue weighted by Gasteiger charge is 2.28. The van der Waals surface area contributed by atoms with Crippen LogP contribution in [0.3, 0.4) is 0 Å². The van der Waals surface area contributed by atoms with Crippen LogP contribution in [0.5, 0.6) is 23.0 Å². The van der Waals surface area contributed by atoms with Gasteiger partial charge in [-0.3, -0.25) is 4.79 Å². The number of fused-ring (bicyclic) bond motifs is 2. The zero-order chi connectivity index (χ0) is 22.7. The smallest absolute Gasteiger partial charge is 0.243 e. The van der Waals surface area contributed by atoms with Crippen LogP contribution in [0.15, 0.2) is 41.3 Å². The Morgan fingerprint density at radius 2 is 1.62 bits per heavy atom. The Labute approximate surface area is 187 Å². The number of anilines is 1. The third kappa shape index (κ3) is 4.91. The molecule has 0 fully saturated rings. The van der Waals surface area contributed by atoms with E-state index in [9.17, 15) is 13.2 Å². The molecule has 0 spiro atoms. The summed E-state index contributed by atoms with van der Waals surface area (Å²) >= 11 is 0. The van der Waals surface area contributed by atoms with E-state index < -0.39 is 15.9 Å². The van der Waals surface area contributed by atoms with Gasteiger partial charge in [-0.15, -0.1) is 0 Å². The summed E-state index contributed by atoms with van der Waals surface area (Å²) in [6.07, 6.45) is 0.612. The van der Waals surface area contributed by atoms with Crippen LogP contribution in [0.1, 0.15) is 20.3 Å². The maximum atomic E-state index is 13.4. The van der Waals surface area contributed by atoms with Gasteiger partial charge in [-0.25, -0.2) is 8.42 Å². The van der Waals surface area contributed by atoms with Crippen LogP contribution in [0.4, 0.5) is 5.69 Å². The number of carbonyl (C=O) groups excluding carboxylic acids is 1. The maximum Gasteiger partial charge on any atom is 0.243 e. The van der Waals surface area contributed by atoms with Crippen LogP contribution in [-0.4, -0.2) is 51.7 Å². The molecule has 0 aromatic heterocycles. The summed E-state index contributed by atoms with van der Waals surface area (Å²) in [6.45, 7) is 4.79. The fourth-order valence-electron chi connectivity index (χ4n) is 3.35. The van der Waals surface area contributed by atoms with Crippen molar-refractivity contribution in [2.75, 3.05) is 38.4 Å². The molecule has 1 amide bonds. The number of hydrogen-bond acceptors (Lipinski definition) is 7. The fraction of sp³-hybridized carbons (Fsp3) is 0.409. The number of benzene rings is 2. The molecule has 10 heteroatoms. The van der Waals surface area contributed by atoms with Gasteiger partial charge < -0.3 is 24.3 Å². The van der Waals surface area contributed by atoms with E-state index >= 15 is 0 Å². The summed E-state index contributed by atoms with van der Waals surface area (Å²) in [5, 5.41) is 2.74. The largest absolute Gasteiger partial charge is 0.486 e. The molecular formula is C22H26N2O7S. The zero-order valence-electron chi connectivity index (χ0n) is 18.0. The van der Waals surface area contributed by atoms with Gasteiger partial charge in [0.05, 0.1) is 11.4 Å². The topological polar surface area (TPSA) is 103 Å². The number of amides is 1. The molecule has 2 aliphatic heterocycles. The summed E-state index contributed by atoms with van der Waals surface area (Å²) in [5.41, 5.74) is 0.500. The highest BCUT2D eigenvalue weighted by Crippen LogP contribution is 2.35. The highest BCUT2D eigenvalue weighted by molar-refractivity contribution is 7.89. The summed E-state index contributed by atoms with van der Waals surface area (Å²) in [7, 11) is -3.93. The number of sulfonamides is 1. The normalized spacial score (nSPS) is 14.6. The molecule has 0 radical (unpaired) electrons. The zero-order valence-corrected chi connectivity index (χ0v) is 18.8. The third-order valence-electron chi connectivity index (χ3n) is 5.08. The van der Waals surface area contributed by atoms with Crippen LogP contribution >= 0.6 is 0 Å². The standard InChI is InChI=1S/C22H26N2O7S/c1-15(2)7-8-24(13-22(25)23-16-3-5-19-20(11-16)31-14-30-19)32(26,27)17-4-6-18-21(12-17)29-10-9-28-18/h3-6,11-12,15H,7-10,13-14H2,1-2H3,(H,23,25). The summed E-state index contributed by atoms with van der Waals surface area (Å²) in [5.74, 6) is 1.83. The predicted octanol–water partition coefficient (Wildman–Crippen LogP) is 2.86. The Hall–Kier alpha value is -2.98. The van der Waals surface area contributed by atoms with Crippen LogP contribution < -0.4 is 24.3 Å². The van der Waals surface area contributed by atoms with Crippen molar-refractivity contribution in [3.05, 3.63) is 36.4 Å². The van der Waals surface area contributed by atoms with E-state index in [2.05, 4.69) is 5.32 Å². The van der Waals surface area contributed by atoms with E-state index in [4.69, 9.17) is 18.9 Å². The molecule has 0 bridgehead atoms. The monoisotopic (exact) mass is 462 g/mol. The lowest BCUT2D eigenvalue weighted by Gasteiger charge is -2.24. The number of carbonyl (C=O) groups is 1. The minimum Gasteiger partial charge on any atom is -0.486 e. The number of ether oxygens (including phenoxy) is 4. The lowest BCUT2D eigenvalue weighted by atomic mass is 10.1. The van der Waals surface area contributed by atoms with Crippen LogP contribution in [0, 0.1) is 5.92 Å². The first-order chi connectivity index (χ1) is 15.3. The molecule has 4 rings (SSSR count). The number of nitrogens with zero attached hydrogens (tertiary/aromatic N) is 1. The summed E-state index contributed by atoms with van der Waals surface area (Å²) < 4.78 is 49.6. The minimum atomic E-state index is -3.93. The molecule has 0 unspecified atom stereocenters. The molecule has 0 saturated heterocycles. The van der Waals surface area contributed by atoms with E-state index in [1.54, 1.807) is 24.3 Å². The molecule has 2 heterocycles. The predicted molar refractivity (Wildman–Crippen MR) is 117 cm³/mol. The van der Waals surface area contributed by atoms with E-state index in [0.717, 1.165) is 0 Å². The Bertz CT molecular complexity index is 1100. The lowest BCUT2D eigenvalue weighted by Crippen LogP contribution is -2.39. The molecule has 1 N–H and O–H groups in total. The molecule has 172 valence electrons. The van der Waals surface area contributed by atoms with Gasteiger partial charge in [0, 0.05) is 24.4 Å². The van der Waals surface area contributed by atoms with Crippen molar-refractivity contribution in [3.63, 3.8) is 0 Å². The van der Waals surface area contributed by atoms with Gasteiger partial charge in [0.1, 0.15) is 13.2 Å². The second-order valence-corrected chi connectivity index (χ2v) is 9.88. The number of nitrogens with one attached hydrogen (secondary N) is 1. The van der Waals surface area contributed by atoms with Gasteiger partial charge in [-0.05, 0) is 36.6 Å². The number of rotatable bonds is 8. The first kappa shape index (κ1) is 22.2. The third-order valence-corrected chi connectivity index (χ3v) is 6.92. The number of hydrogen-bond donors (Lipinski definition) is 1. The molecule has 0 aliphatic carbocycles. The van der Waals surface area contributed by atoms with Crippen molar-refractivity contribution < 1.29 is 32.2 Å². The van der Waals surface area contributed by atoms with Crippen molar-refractivity contribution in [2.45, 2.75) is 25.2 Å². The van der Waals surface area contributed by atoms with Gasteiger partial charge in [-0.1, -0.05) is 13.8 Å². The molecular weight excluding hydrogens is 436 g/mol. The molecule has 2 aromatic rings. The summed E-state index contributed by atoms with van der Waals surface area (Å²) in [6, 6.07) is 9.52. The van der Waals surface area contributed by atoms with Crippen molar-refractivity contribution >= 4 is 21.6 Å². The van der Waals surface area contributed by atoms with Gasteiger partial charge in [0.2, 0.25) is 22.7 Å². The van der Waals surface area contributed by atoms with E-state index in [-0.39, 0.29) is 30.7 Å². The average Bonchev–Trinajstić information content (AvgIpc) is 3.24. The van der Waals surface area contributed by atoms with Crippen molar-refractivity contribution in [2.24, 2.45) is 5.92 Å². The second-order valence-electron chi connectivity index (χ2n) is 7.94. The van der Waals surface area contributed by atoms with Gasteiger partial charge in [0.15, 0.2) is 23.0 Å². The van der Waals surface area contributed by atoms with Crippen LogP contribution in [0.25, 0.3) is 0 Å². The van der Waals surface area contributed by atoms with E-state index in [0.29, 0.717) is 48.3 Å². The van der Waals surface area contributed by atoms with Gasteiger partial charge in [-0.2, -0.15) is 4.31 Å². The molecule has 0 atom stereocenters. The average molecular weight is 463 g/mol. The SMILES string of the molecule is CC(C)CCN(CC(=O)Nc1ccc2c(c1)OCO2)S(=O)(=O)c1ccc2c(c1)OCCO2. The maximum absolute atomic E-state index is 13.4. The highest BCUT2D eigenvalue weighted by atomic mass is 32.2. The molecule has 32 heavy (non-hydrogen) atoms. The Morgan fingerprint density at radius 1 is 0.969 bits per heavy atom. The molecule has 2 aromatic carbocycles. The van der Waals surface area contributed by atoms with Crippen molar-refractivity contribution in [1.29, 1.82) is 0 Å². The molecule has 2 aliphatic rings. The first-order valence-corrected chi connectivity index (χ1v) is 11.9. The lowest BCUT2D eigenvalue weighted by molar-refractivity contribution is -0.116. The van der Waals surface area contributed by atoms with Crippen molar-refractivity contribution in [1.82, 2.24) is 4.31 Å². The Morgan fingerprint density at radius 3 is 2.41 bits per heavy atom. The van der Waals surface area contributed by atoms with Crippen molar-refractivity contribution in [3.8, 4) is 23.0 Å².